The van der Waals surface area contributed by atoms with Crippen LogP contribution < -0.4 is 11.1 Å². The van der Waals surface area contributed by atoms with Crippen molar-refractivity contribution in [3.05, 3.63) is 70.3 Å². The van der Waals surface area contributed by atoms with Crippen LogP contribution >= 0.6 is 23.2 Å². The normalized spacial score (nSPS) is 11.0. The molecule has 0 saturated carbocycles. The lowest BCUT2D eigenvalue weighted by molar-refractivity contribution is 1.07. The first kappa shape index (κ1) is 17.1. The molecule has 0 bridgehead atoms. The van der Waals surface area contributed by atoms with Gasteiger partial charge in [0.15, 0.2) is 16.7 Å². The Morgan fingerprint density at radius 3 is 2.36 bits per heavy atom. The predicted molar refractivity (Wildman–Crippen MR) is 101 cm³/mol. The summed E-state index contributed by atoms with van der Waals surface area (Å²) in [5.74, 6) is 0.477. The van der Waals surface area contributed by atoms with E-state index in [0.717, 1.165) is 5.56 Å². The van der Waals surface area contributed by atoms with Crippen LogP contribution in [0, 0.1) is 0 Å². The fourth-order valence-corrected chi connectivity index (χ4v) is 2.39. The minimum absolute atomic E-state index is 0.0611. The fourth-order valence-electron chi connectivity index (χ4n) is 2.05. The Balaban J connectivity index is 1.85. The molecule has 0 unspecified atom stereocenters. The molecule has 0 aliphatic rings. The van der Waals surface area contributed by atoms with Gasteiger partial charge < -0.3 is 11.1 Å². The van der Waals surface area contributed by atoms with Crippen molar-refractivity contribution in [3.63, 3.8) is 0 Å². The molecule has 0 atom stereocenters. The summed E-state index contributed by atoms with van der Waals surface area (Å²) in [6, 6.07) is 16.8. The number of halogens is 2. The summed E-state index contributed by atoms with van der Waals surface area (Å²) in [4.78, 5) is 8.10. The maximum atomic E-state index is 6.16. The number of aromatic nitrogens is 2. The highest BCUT2D eigenvalue weighted by Crippen LogP contribution is 2.33. The molecule has 0 amide bonds. The second kappa shape index (κ2) is 7.92. The summed E-state index contributed by atoms with van der Waals surface area (Å²) < 4.78 is 0. The van der Waals surface area contributed by atoms with Crippen molar-refractivity contribution in [3.8, 4) is 0 Å². The van der Waals surface area contributed by atoms with Gasteiger partial charge in [0.25, 0.3) is 0 Å². The molecule has 8 heteroatoms. The second-order valence-electron chi connectivity index (χ2n) is 5.09. The van der Waals surface area contributed by atoms with Crippen molar-refractivity contribution in [2.24, 2.45) is 10.2 Å². The van der Waals surface area contributed by atoms with Crippen LogP contribution in [0.25, 0.3) is 0 Å². The average Bonchev–Trinajstić information content (AvgIpc) is 2.61. The number of nitrogens with one attached hydrogen (secondary N) is 1. The molecule has 6 nitrogen and oxygen atoms in total. The van der Waals surface area contributed by atoms with Gasteiger partial charge in [0, 0.05) is 11.6 Å². The molecular formula is C17H14Cl2N6. The first-order chi connectivity index (χ1) is 12.1. The number of azo groups is 1. The molecule has 3 N–H and O–H groups in total. The topological polar surface area (TPSA) is 88.5 Å². The first-order valence-corrected chi connectivity index (χ1v) is 8.15. The lowest BCUT2D eigenvalue weighted by Gasteiger charge is -2.09. The summed E-state index contributed by atoms with van der Waals surface area (Å²) in [6.07, 6.45) is 0. The molecule has 0 aliphatic carbocycles. The summed E-state index contributed by atoms with van der Waals surface area (Å²) in [7, 11) is 0. The third kappa shape index (κ3) is 4.65. The molecule has 3 aromatic rings. The Labute approximate surface area is 154 Å². The van der Waals surface area contributed by atoms with Crippen LogP contribution in [0.1, 0.15) is 5.56 Å². The van der Waals surface area contributed by atoms with Crippen molar-refractivity contribution in [2.75, 3.05) is 11.1 Å². The van der Waals surface area contributed by atoms with Gasteiger partial charge in [-0.05, 0) is 29.8 Å². The lowest BCUT2D eigenvalue weighted by atomic mass is 10.2. The highest BCUT2D eigenvalue weighted by molar-refractivity contribution is 6.32. The Kier molecular flexibility index (Phi) is 5.42. The number of anilines is 2. The smallest absolute Gasteiger partial charge is 0.223 e. The first-order valence-electron chi connectivity index (χ1n) is 7.40. The van der Waals surface area contributed by atoms with Gasteiger partial charge in [-0.15, -0.1) is 5.11 Å². The molecule has 0 spiro atoms. The predicted octanol–water partition coefficient (Wildman–Crippen LogP) is 5.39. The van der Waals surface area contributed by atoms with Crippen molar-refractivity contribution in [1.82, 2.24) is 9.97 Å². The van der Waals surface area contributed by atoms with Crippen LogP contribution in [-0.4, -0.2) is 9.97 Å². The molecule has 2 aromatic carbocycles. The number of hydrogen-bond donors (Lipinski definition) is 2. The van der Waals surface area contributed by atoms with Crippen LogP contribution in [0.5, 0.6) is 0 Å². The van der Waals surface area contributed by atoms with E-state index in [-0.39, 0.29) is 11.1 Å². The Hall–Kier alpha value is -2.70. The van der Waals surface area contributed by atoms with Gasteiger partial charge in [-0.2, -0.15) is 15.1 Å². The Morgan fingerprint density at radius 1 is 0.920 bits per heavy atom. The monoisotopic (exact) mass is 372 g/mol. The molecule has 0 fully saturated rings. The minimum Gasteiger partial charge on any atom is -0.368 e. The highest BCUT2D eigenvalue weighted by Gasteiger charge is 2.12. The van der Waals surface area contributed by atoms with Crippen LogP contribution in [0.15, 0.2) is 64.8 Å². The molecule has 3 rings (SSSR count). The van der Waals surface area contributed by atoms with Crippen molar-refractivity contribution < 1.29 is 0 Å². The van der Waals surface area contributed by atoms with Gasteiger partial charge in [-0.1, -0.05) is 53.5 Å². The molecule has 0 radical (unpaired) electrons. The molecule has 0 saturated heterocycles. The Morgan fingerprint density at radius 2 is 1.64 bits per heavy atom. The number of benzene rings is 2. The van der Waals surface area contributed by atoms with Crippen molar-refractivity contribution in [2.45, 2.75) is 6.54 Å². The lowest BCUT2D eigenvalue weighted by Crippen LogP contribution is -2.05. The standard InChI is InChI=1S/C17H14Cl2N6/c18-12-6-8-13(9-7-12)24-25-14-15(19)22-17(20)23-16(14)21-10-11-4-2-1-3-5-11/h1-9H,10H2,(H3,20,21,22,23). The van der Waals surface area contributed by atoms with E-state index in [9.17, 15) is 0 Å². The summed E-state index contributed by atoms with van der Waals surface area (Å²) in [5.41, 5.74) is 7.72. The highest BCUT2D eigenvalue weighted by atomic mass is 35.5. The number of hydrogen-bond acceptors (Lipinski definition) is 6. The van der Waals surface area contributed by atoms with Crippen LogP contribution in [0.4, 0.5) is 23.1 Å². The molecule has 126 valence electrons. The number of nitrogens with zero attached hydrogens (tertiary/aromatic N) is 4. The van der Waals surface area contributed by atoms with E-state index in [0.29, 0.717) is 28.8 Å². The molecule has 25 heavy (non-hydrogen) atoms. The average molecular weight is 373 g/mol. The van der Waals surface area contributed by atoms with E-state index in [2.05, 4.69) is 25.5 Å². The van der Waals surface area contributed by atoms with Crippen molar-refractivity contribution >= 4 is 46.3 Å². The largest absolute Gasteiger partial charge is 0.368 e. The van der Waals surface area contributed by atoms with Gasteiger partial charge in [0.1, 0.15) is 0 Å². The third-order valence-electron chi connectivity index (χ3n) is 3.25. The maximum absolute atomic E-state index is 6.16. The summed E-state index contributed by atoms with van der Waals surface area (Å²) >= 11 is 12.0. The maximum Gasteiger partial charge on any atom is 0.223 e. The molecule has 0 aliphatic heterocycles. The number of nitrogens with two attached hydrogens (primary N) is 1. The van der Waals surface area contributed by atoms with Gasteiger partial charge in [-0.3, -0.25) is 0 Å². The quantitative estimate of drug-likeness (QED) is 0.463. The summed E-state index contributed by atoms with van der Waals surface area (Å²) in [5, 5.41) is 12.2. The SMILES string of the molecule is Nc1nc(Cl)c(N=Nc2ccc(Cl)cc2)c(NCc2ccccc2)n1. The Bertz CT molecular complexity index is 882. The zero-order valence-corrected chi connectivity index (χ0v) is 14.5. The molecule has 1 heterocycles. The number of nitrogen functional groups attached to an aromatic ring is 1. The molecular weight excluding hydrogens is 359 g/mol. The van der Waals surface area contributed by atoms with Gasteiger partial charge in [-0.25, -0.2) is 0 Å². The fraction of sp³-hybridized carbons (Fsp3) is 0.0588. The van der Waals surface area contributed by atoms with Crippen LogP contribution in [0.2, 0.25) is 10.2 Å². The van der Waals surface area contributed by atoms with Crippen molar-refractivity contribution in [1.29, 1.82) is 0 Å². The minimum atomic E-state index is 0.0611. The van der Waals surface area contributed by atoms with E-state index in [1.54, 1.807) is 24.3 Å². The third-order valence-corrected chi connectivity index (χ3v) is 3.77. The second-order valence-corrected chi connectivity index (χ2v) is 5.88. The van der Waals surface area contributed by atoms with Gasteiger partial charge >= 0.3 is 0 Å². The van der Waals surface area contributed by atoms with E-state index in [4.69, 9.17) is 28.9 Å². The van der Waals surface area contributed by atoms with E-state index in [1.807, 2.05) is 30.3 Å². The van der Waals surface area contributed by atoms with Gasteiger partial charge in [0.05, 0.1) is 5.69 Å². The van der Waals surface area contributed by atoms with E-state index >= 15 is 0 Å². The summed E-state index contributed by atoms with van der Waals surface area (Å²) in [6.45, 7) is 0.539. The van der Waals surface area contributed by atoms with E-state index in [1.165, 1.54) is 0 Å². The van der Waals surface area contributed by atoms with Crippen LogP contribution in [-0.2, 0) is 6.54 Å². The van der Waals surface area contributed by atoms with E-state index < -0.39 is 0 Å². The molecule has 1 aromatic heterocycles. The zero-order chi connectivity index (χ0) is 17.6. The zero-order valence-electron chi connectivity index (χ0n) is 13.0. The van der Waals surface area contributed by atoms with Gasteiger partial charge in [0.2, 0.25) is 5.95 Å². The van der Waals surface area contributed by atoms with Crippen LogP contribution in [0.3, 0.4) is 0 Å². The number of rotatable bonds is 5.